The third kappa shape index (κ3) is 2.58. The number of H-pyrrole nitrogens is 1. The molecule has 1 amide bonds. The highest BCUT2D eigenvalue weighted by molar-refractivity contribution is 6.34. The summed E-state index contributed by atoms with van der Waals surface area (Å²) in [5, 5.41) is 12.7. The number of carbonyl (C=O) groups excluding carboxylic acids is 2. The number of anilines is 1. The zero-order valence-electron chi connectivity index (χ0n) is 10.1. The zero-order chi connectivity index (χ0) is 14.0. The molecule has 0 fully saturated rings. The Balaban J connectivity index is 2.27. The Bertz CT molecular complexity index is 633. The molecule has 0 aromatic carbocycles. The number of aromatic nitrogens is 4. The average Bonchev–Trinajstić information content (AvgIpc) is 2.94. The summed E-state index contributed by atoms with van der Waals surface area (Å²) in [7, 11) is 2.85. The van der Waals surface area contributed by atoms with Crippen molar-refractivity contribution in [2.45, 2.75) is 0 Å². The van der Waals surface area contributed by atoms with E-state index in [2.05, 4.69) is 25.3 Å². The van der Waals surface area contributed by atoms with Crippen LogP contribution in [0.2, 0.25) is 5.02 Å². The van der Waals surface area contributed by atoms with E-state index in [0.717, 1.165) is 0 Å². The summed E-state index contributed by atoms with van der Waals surface area (Å²) in [5.41, 5.74) is 0.334. The van der Waals surface area contributed by atoms with Crippen LogP contribution in [-0.2, 0) is 11.8 Å². The molecule has 2 aromatic heterocycles. The lowest BCUT2D eigenvalue weighted by Gasteiger charge is -2.02. The molecule has 2 N–H and O–H groups in total. The van der Waals surface area contributed by atoms with Crippen molar-refractivity contribution >= 4 is 29.2 Å². The normalized spacial score (nSPS) is 10.3. The van der Waals surface area contributed by atoms with Crippen molar-refractivity contribution < 1.29 is 14.3 Å². The first-order valence-corrected chi connectivity index (χ1v) is 5.53. The molecule has 0 unspecified atom stereocenters. The Morgan fingerprint density at radius 2 is 2.26 bits per heavy atom. The van der Waals surface area contributed by atoms with Crippen LogP contribution in [0.3, 0.4) is 0 Å². The van der Waals surface area contributed by atoms with Crippen molar-refractivity contribution in [2.24, 2.45) is 7.05 Å². The van der Waals surface area contributed by atoms with Gasteiger partial charge in [-0.1, -0.05) is 11.6 Å². The Labute approximate surface area is 112 Å². The van der Waals surface area contributed by atoms with Crippen LogP contribution in [0, 0.1) is 0 Å². The third-order valence-corrected chi connectivity index (χ3v) is 2.56. The maximum atomic E-state index is 11.9. The van der Waals surface area contributed by atoms with Crippen LogP contribution in [0.5, 0.6) is 0 Å². The van der Waals surface area contributed by atoms with Gasteiger partial charge in [-0.3, -0.25) is 14.6 Å². The van der Waals surface area contributed by atoms with Crippen LogP contribution in [0.25, 0.3) is 0 Å². The van der Waals surface area contributed by atoms with Crippen molar-refractivity contribution in [3.63, 3.8) is 0 Å². The summed E-state index contributed by atoms with van der Waals surface area (Å²) < 4.78 is 5.96. The highest BCUT2D eigenvalue weighted by Gasteiger charge is 2.20. The quantitative estimate of drug-likeness (QED) is 0.813. The van der Waals surface area contributed by atoms with Crippen LogP contribution in [-0.4, -0.2) is 39.0 Å². The molecule has 2 heterocycles. The van der Waals surface area contributed by atoms with Crippen LogP contribution in [0.4, 0.5) is 5.69 Å². The number of nitrogens with one attached hydrogen (secondary N) is 2. The largest absolute Gasteiger partial charge is 0.464 e. The third-order valence-electron chi connectivity index (χ3n) is 2.28. The topological polar surface area (TPSA) is 102 Å². The number of aryl methyl sites for hydroxylation is 1. The van der Waals surface area contributed by atoms with Crippen LogP contribution >= 0.6 is 11.6 Å². The van der Waals surface area contributed by atoms with Gasteiger partial charge in [0.1, 0.15) is 5.69 Å². The van der Waals surface area contributed by atoms with Gasteiger partial charge >= 0.3 is 5.97 Å². The first kappa shape index (κ1) is 13.1. The van der Waals surface area contributed by atoms with Crippen molar-refractivity contribution in [1.82, 2.24) is 20.0 Å². The van der Waals surface area contributed by atoms with Crippen LogP contribution in [0.15, 0.2) is 12.4 Å². The van der Waals surface area contributed by atoms with Gasteiger partial charge in [-0.15, -0.1) is 0 Å². The number of amides is 1. The number of nitrogens with zero attached hydrogens (tertiary/aromatic N) is 3. The lowest BCUT2D eigenvalue weighted by atomic mass is 10.3. The van der Waals surface area contributed by atoms with E-state index in [4.69, 9.17) is 11.6 Å². The van der Waals surface area contributed by atoms with E-state index in [1.54, 1.807) is 7.05 Å². The SMILES string of the molecule is COC(=O)c1nn(C)cc1NC(=O)c1[nH]ncc1Cl. The number of ether oxygens (including phenoxy) is 1. The summed E-state index contributed by atoms with van der Waals surface area (Å²) in [6.07, 6.45) is 2.79. The molecule has 0 saturated heterocycles. The van der Waals surface area contributed by atoms with Crippen molar-refractivity contribution in [3.8, 4) is 0 Å². The van der Waals surface area contributed by atoms with Crippen LogP contribution < -0.4 is 5.32 Å². The molecular weight excluding hydrogens is 274 g/mol. The molecule has 0 aliphatic carbocycles. The Hall–Kier alpha value is -2.35. The average molecular weight is 284 g/mol. The summed E-state index contributed by atoms with van der Waals surface area (Å²) in [4.78, 5) is 23.4. The molecule has 100 valence electrons. The molecule has 0 saturated carbocycles. The van der Waals surface area contributed by atoms with E-state index in [1.807, 2.05) is 0 Å². The Morgan fingerprint density at radius 3 is 2.84 bits per heavy atom. The minimum absolute atomic E-state index is 0.00832. The molecule has 9 heteroatoms. The molecular formula is C10H10ClN5O3. The summed E-state index contributed by atoms with van der Waals surface area (Å²) in [6.45, 7) is 0. The first-order valence-electron chi connectivity index (χ1n) is 5.15. The second-order valence-electron chi connectivity index (χ2n) is 3.60. The lowest BCUT2D eigenvalue weighted by molar-refractivity contribution is 0.0594. The van der Waals surface area contributed by atoms with Crippen molar-refractivity contribution in [2.75, 3.05) is 12.4 Å². The number of esters is 1. The van der Waals surface area contributed by atoms with E-state index >= 15 is 0 Å². The molecule has 0 aliphatic rings. The summed E-state index contributed by atoms with van der Waals surface area (Å²) in [5.74, 6) is -1.17. The van der Waals surface area contributed by atoms with E-state index in [0.29, 0.717) is 0 Å². The molecule has 2 aromatic rings. The van der Waals surface area contributed by atoms with Gasteiger partial charge in [0.15, 0.2) is 5.69 Å². The molecule has 0 atom stereocenters. The second kappa shape index (κ2) is 5.11. The van der Waals surface area contributed by atoms with Gasteiger partial charge in [-0.05, 0) is 0 Å². The van der Waals surface area contributed by atoms with Gasteiger partial charge in [-0.2, -0.15) is 10.2 Å². The lowest BCUT2D eigenvalue weighted by Crippen LogP contribution is -2.15. The van der Waals surface area contributed by atoms with Gasteiger partial charge in [-0.25, -0.2) is 4.79 Å². The van der Waals surface area contributed by atoms with Gasteiger partial charge in [0.05, 0.1) is 24.0 Å². The highest BCUT2D eigenvalue weighted by atomic mass is 35.5. The fourth-order valence-corrected chi connectivity index (χ4v) is 1.62. The number of methoxy groups -OCH3 is 1. The van der Waals surface area contributed by atoms with Gasteiger partial charge in [0.2, 0.25) is 0 Å². The maximum absolute atomic E-state index is 11.9. The monoisotopic (exact) mass is 283 g/mol. The van der Waals surface area contributed by atoms with E-state index in [1.165, 1.54) is 24.2 Å². The van der Waals surface area contributed by atoms with Gasteiger partial charge in [0, 0.05) is 13.2 Å². The number of aromatic amines is 1. The predicted octanol–water partition coefficient (Wildman–Crippen LogP) is 0.835. The van der Waals surface area contributed by atoms with Crippen LogP contribution in [0.1, 0.15) is 21.0 Å². The molecule has 0 bridgehead atoms. The number of halogens is 1. The number of hydrogen-bond acceptors (Lipinski definition) is 5. The molecule has 8 nitrogen and oxygen atoms in total. The molecule has 0 aliphatic heterocycles. The predicted molar refractivity (Wildman–Crippen MR) is 66.1 cm³/mol. The first-order chi connectivity index (χ1) is 9.02. The van der Waals surface area contributed by atoms with Gasteiger partial charge in [0.25, 0.3) is 5.91 Å². The standard InChI is InChI=1S/C10H10ClN5O3/c1-16-4-6(8(15-16)10(18)19-2)13-9(17)7-5(11)3-12-14-7/h3-4H,1-2H3,(H,12,14)(H,13,17). The van der Waals surface area contributed by atoms with Crippen molar-refractivity contribution in [1.29, 1.82) is 0 Å². The van der Waals surface area contributed by atoms with E-state index in [-0.39, 0.29) is 22.1 Å². The highest BCUT2D eigenvalue weighted by Crippen LogP contribution is 2.17. The maximum Gasteiger partial charge on any atom is 0.360 e. The fourth-order valence-electron chi connectivity index (χ4n) is 1.44. The van der Waals surface area contributed by atoms with E-state index < -0.39 is 11.9 Å². The molecule has 0 radical (unpaired) electrons. The van der Waals surface area contributed by atoms with E-state index in [9.17, 15) is 9.59 Å². The number of hydrogen-bond donors (Lipinski definition) is 2. The Morgan fingerprint density at radius 1 is 1.53 bits per heavy atom. The molecule has 19 heavy (non-hydrogen) atoms. The summed E-state index contributed by atoms with van der Waals surface area (Å²) >= 11 is 5.77. The van der Waals surface area contributed by atoms with Crippen molar-refractivity contribution in [3.05, 3.63) is 28.8 Å². The summed E-state index contributed by atoms with van der Waals surface area (Å²) in [6, 6.07) is 0. The molecule has 2 rings (SSSR count). The minimum atomic E-state index is -0.647. The second-order valence-corrected chi connectivity index (χ2v) is 4.01. The Kier molecular flexibility index (Phi) is 3.52. The number of carbonyl (C=O) groups is 2. The fraction of sp³-hybridized carbons (Fsp3) is 0.200. The zero-order valence-corrected chi connectivity index (χ0v) is 10.9. The van der Waals surface area contributed by atoms with Gasteiger partial charge < -0.3 is 10.1 Å². The smallest absolute Gasteiger partial charge is 0.360 e. The number of rotatable bonds is 3. The molecule has 0 spiro atoms. The minimum Gasteiger partial charge on any atom is -0.464 e.